The molecule has 166 valence electrons. The number of piperidine rings is 1. The highest BCUT2D eigenvalue weighted by atomic mass is 16.5. The molecule has 1 N–H and O–H groups in total. The van der Waals surface area contributed by atoms with Gasteiger partial charge in [-0.15, -0.1) is 0 Å². The van der Waals surface area contributed by atoms with Gasteiger partial charge in [0.25, 0.3) is 0 Å². The molecule has 1 fully saturated rings. The Hall–Kier alpha value is -2.98. The predicted molar refractivity (Wildman–Crippen MR) is 129 cm³/mol. The minimum Gasteiger partial charge on any atom is -0.494 e. The van der Waals surface area contributed by atoms with E-state index in [9.17, 15) is 5.11 Å². The average Bonchev–Trinajstić information content (AvgIpc) is 2.84. The number of nitrogens with zero attached hydrogens (tertiary/aromatic N) is 2. The molecule has 2 heterocycles. The van der Waals surface area contributed by atoms with Crippen LogP contribution in [0.5, 0.6) is 0 Å². The number of ether oxygens (including phenoxy) is 1. The van der Waals surface area contributed by atoms with Crippen LogP contribution < -0.4 is 0 Å². The summed E-state index contributed by atoms with van der Waals surface area (Å²) in [5.41, 5.74) is 6.40. The fourth-order valence-electron chi connectivity index (χ4n) is 4.86. The highest BCUT2D eigenvalue weighted by Crippen LogP contribution is 2.30. The molecule has 1 saturated heterocycles. The Bertz CT molecular complexity index is 1030. The molecule has 0 aromatic heterocycles. The second-order valence-corrected chi connectivity index (χ2v) is 9.00. The standard InChI is InChI=1S/C28H32N2O2/c31-28-19-27(32-21-22-7-3-1-4-8-22)13-16-30(28)26-12-11-24-17-23(9-10-25(24)18-26)20-29-14-5-2-6-15-29/h1,3-4,7-10,13,17-19,31H,2,5-6,11-12,14-16,20-21H2. The van der Waals surface area contributed by atoms with Crippen molar-refractivity contribution in [2.24, 2.45) is 0 Å². The number of likely N-dealkylation sites (tertiary alicyclic amines) is 1. The first-order valence-corrected chi connectivity index (χ1v) is 11.8. The van der Waals surface area contributed by atoms with Crippen molar-refractivity contribution in [2.75, 3.05) is 19.6 Å². The molecule has 1 aliphatic carbocycles. The van der Waals surface area contributed by atoms with Gasteiger partial charge in [0, 0.05) is 24.9 Å². The van der Waals surface area contributed by atoms with E-state index in [1.54, 1.807) is 6.08 Å². The quantitative estimate of drug-likeness (QED) is 0.633. The van der Waals surface area contributed by atoms with Crippen molar-refractivity contribution in [1.82, 2.24) is 9.80 Å². The van der Waals surface area contributed by atoms with Crippen LogP contribution in [-0.4, -0.2) is 34.5 Å². The van der Waals surface area contributed by atoms with Crippen LogP contribution in [0.3, 0.4) is 0 Å². The minimum absolute atomic E-state index is 0.256. The highest BCUT2D eigenvalue weighted by Gasteiger charge is 2.21. The molecule has 32 heavy (non-hydrogen) atoms. The van der Waals surface area contributed by atoms with Crippen LogP contribution >= 0.6 is 0 Å². The molecule has 2 aromatic carbocycles. The zero-order valence-corrected chi connectivity index (χ0v) is 18.7. The molecule has 0 radical (unpaired) electrons. The van der Waals surface area contributed by atoms with Crippen molar-refractivity contribution in [3.05, 3.63) is 100 Å². The molecule has 3 aliphatic rings. The van der Waals surface area contributed by atoms with Crippen LogP contribution in [0, 0.1) is 0 Å². The maximum atomic E-state index is 10.7. The zero-order chi connectivity index (χ0) is 21.8. The molecular weight excluding hydrogens is 396 g/mol. The summed E-state index contributed by atoms with van der Waals surface area (Å²) < 4.78 is 5.88. The lowest BCUT2D eigenvalue weighted by Gasteiger charge is -2.31. The first kappa shape index (κ1) is 20.9. The molecule has 4 heteroatoms. The second kappa shape index (κ2) is 9.66. The van der Waals surface area contributed by atoms with Gasteiger partial charge in [-0.25, -0.2) is 0 Å². The number of fused-ring (bicyclic) bond motifs is 1. The molecule has 2 aliphatic heterocycles. The topological polar surface area (TPSA) is 35.9 Å². The fraction of sp³-hybridized carbons (Fsp3) is 0.357. The smallest absolute Gasteiger partial charge is 0.195 e. The number of rotatable bonds is 6. The number of hydrogen-bond donors (Lipinski definition) is 1. The van der Waals surface area contributed by atoms with Crippen LogP contribution in [0.4, 0.5) is 0 Å². The monoisotopic (exact) mass is 428 g/mol. The van der Waals surface area contributed by atoms with Gasteiger partial charge in [0.2, 0.25) is 0 Å². The van der Waals surface area contributed by atoms with Gasteiger partial charge in [0.1, 0.15) is 12.4 Å². The second-order valence-electron chi connectivity index (χ2n) is 9.00. The van der Waals surface area contributed by atoms with Crippen molar-refractivity contribution in [3.8, 4) is 0 Å². The van der Waals surface area contributed by atoms with Gasteiger partial charge >= 0.3 is 0 Å². The number of aliphatic hydroxyl groups excluding tert-OH is 1. The first-order valence-electron chi connectivity index (χ1n) is 11.8. The Morgan fingerprint density at radius 2 is 1.72 bits per heavy atom. The first-order chi connectivity index (χ1) is 15.7. The largest absolute Gasteiger partial charge is 0.494 e. The maximum absolute atomic E-state index is 10.7. The molecule has 0 spiro atoms. The third-order valence-electron chi connectivity index (χ3n) is 6.65. The van der Waals surface area contributed by atoms with Crippen molar-refractivity contribution < 1.29 is 9.84 Å². The van der Waals surface area contributed by atoms with Crippen molar-refractivity contribution in [3.63, 3.8) is 0 Å². The summed E-state index contributed by atoms with van der Waals surface area (Å²) in [6.07, 6.45) is 12.0. The Morgan fingerprint density at radius 1 is 0.875 bits per heavy atom. The zero-order valence-electron chi connectivity index (χ0n) is 18.7. The van der Waals surface area contributed by atoms with E-state index in [1.807, 2.05) is 41.3 Å². The Labute approximate surface area is 191 Å². The van der Waals surface area contributed by atoms with Gasteiger partial charge in [-0.2, -0.15) is 0 Å². The number of allylic oxidation sites excluding steroid dienone is 2. The van der Waals surface area contributed by atoms with Crippen molar-refractivity contribution in [2.45, 2.75) is 45.3 Å². The molecular formula is C28H32N2O2. The lowest BCUT2D eigenvalue weighted by molar-refractivity contribution is 0.187. The molecule has 4 nitrogen and oxygen atoms in total. The van der Waals surface area contributed by atoms with Crippen LogP contribution in [0.15, 0.2) is 78.0 Å². The summed E-state index contributed by atoms with van der Waals surface area (Å²) in [4.78, 5) is 4.57. The summed E-state index contributed by atoms with van der Waals surface area (Å²) in [6, 6.07) is 17.0. The van der Waals surface area contributed by atoms with Crippen molar-refractivity contribution in [1.29, 1.82) is 0 Å². The van der Waals surface area contributed by atoms with E-state index >= 15 is 0 Å². The summed E-state index contributed by atoms with van der Waals surface area (Å²) >= 11 is 0. The summed E-state index contributed by atoms with van der Waals surface area (Å²) in [5.74, 6) is 0.980. The molecule has 2 aromatic rings. The fourth-order valence-corrected chi connectivity index (χ4v) is 4.86. The van der Waals surface area contributed by atoms with E-state index in [1.165, 1.54) is 49.0 Å². The third-order valence-corrected chi connectivity index (χ3v) is 6.65. The third kappa shape index (κ3) is 4.91. The van der Waals surface area contributed by atoms with E-state index in [0.29, 0.717) is 13.2 Å². The number of aliphatic hydroxyl groups is 1. The SMILES string of the molecule is OC1=CC(OCc2ccccc2)=CCN1C1=Cc2ccc(CN3CCCCC3)cc2CC1. The Morgan fingerprint density at radius 3 is 2.53 bits per heavy atom. The van der Waals surface area contributed by atoms with Gasteiger partial charge in [-0.3, -0.25) is 4.90 Å². The maximum Gasteiger partial charge on any atom is 0.195 e. The highest BCUT2D eigenvalue weighted by molar-refractivity contribution is 5.60. The average molecular weight is 429 g/mol. The van der Waals surface area contributed by atoms with Crippen LogP contribution in [0.1, 0.15) is 47.9 Å². The summed E-state index contributed by atoms with van der Waals surface area (Å²) in [6.45, 7) is 4.65. The van der Waals surface area contributed by atoms with Gasteiger partial charge in [0.05, 0.1) is 0 Å². The summed E-state index contributed by atoms with van der Waals surface area (Å²) in [7, 11) is 0. The van der Waals surface area contributed by atoms with Crippen LogP contribution in [0.25, 0.3) is 6.08 Å². The van der Waals surface area contributed by atoms with Gasteiger partial charge in [0.15, 0.2) is 5.88 Å². The molecule has 0 atom stereocenters. The normalized spacial score (nSPS) is 19.0. The molecule has 0 amide bonds. The van der Waals surface area contributed by atoms with Gasteiger partial charge in [-0.1, -0.05) is 55.0 Å². The van der Waals surface area contributed by atoms with E-state index < -0.39 is 0 Å². The molecule has 0 saturated carbocycles. The lowest BCUT2D eigenvalue weighted by atomic mass is 9.92. The van der Waals surface area contributed by atoms with E-state index in [-0.39, 0.29) is 5.88 Å². The predicted octanol–water partition coefficient (Wildman–Crippen LogP) is 5.78. The van der Waals surface area contributed by atoms with Crippen LogP contribution in [0.2, 0.25) is 0 Å². The van der Waals surface area contributed by atoms with E-state index in [2.05, 4.69) is 29.2 Å². The molecule has 0 bridgehead atoms. The van der Waals surface area contributed by atoms with E-state index in [4.69, 9.17) is 4.74 Å². The van der Waals surface area contributed by atoms with Gasteiger partial charge in [-0.05, 0) is 73.2 Å². The van der Waals surface area contributed by atoms with Crippen molar-refractivity contribution >= 4 is 6.08 Å². The molecule has 0 unspecified atom stereocenters. The summed E-state index contributed by atoms with van der Waals surface area (Å²) in [5, 5.41) is 10.7. The Balaban J connectivity index is 1.22. The lowest BCUT2D eigenvalue weighted by Crippen LogP contribution is -2.29. The van der Waals surface area contributed by atoms with Crippen LogP contribution in [-0.2, 0) is 24.3 Å². The van der Waals surface area contributed by atoms with Gasteiger partial charge < -0.3 is 14.7 Å². The van der Waals surface area contributed by atoms with E-state index in [0.717, 1.165) is 36.4 Å². The number of hydrogen-bond acceptors (Lipinski definition) is 4. The molecule has 5 rings (SSSR count). The number of benzene rings is 2. The Kier molecular flexibility index (Phi) is 6.31. The number of aryl methyl sites for hydroxylation is 1. The minimum atomic E-state index is 0.256.